The van der Waals surface area contributed by atoms with Gasteiger partial charge in [0.25, 0.3) is 0 Å². The van der Waals surface area contributed by atoms with E-state index in [0.717, 1.165) is 17.5 Å². The second kappa shape index (κ2) is 8.49. The Hall–Kier alpha value is -2.86. The predicted octanol–water partition coefficient (Wildman–Crippen LogP) is 4.32. The van der Waals surface area contributed by atoms with Crippen LogP contribution in [0, 0.1) is 0 Å². The van der Waals surface area contributed by atoms with Crippen LogP contribution in [0.3, 0.4) is 0 Å². The van der Waals surface area contributed by atoms with E-state index in [1.807, 2.05) is 43.3 Å². The number of aryl methyl sites for hydroxylation is 1. The number of benzene rings is 2. The maximum absolute atomic E-state index is 12.0. The van der Waals surface area contributed by atoms with Crippen LogP contribution in [-0.4, -0.2) is 22.7 Å². The highest BCUT2D eigenvalue weighted by molar-refractivity contribution is 6.30. The Morgan fingerprint density at radius 1 is 1.12 bits per heavy atom. The van der Waals surface area contributed by atoms with Gasteiger partial charge in [-0.1, -0.05) is 35.8 Å². The van der Waals surface area contributed by atoms with Gasteiger partial charge in [0.2, 0.25) is 11.7 Å². The summed E-state index contributed by atoms with van der Waals surface area (Å²) in [5.74, 6) is 1.14. The molecule has 0 atom stereocenters. The predicted molar refractivity (Wildman–Crippen MR) is 101 cm³/mol. The normalized spacial score (nSPS) is 10.5. The minimum Gasteiger partial charge on any atom is -0.339 e. The van der Waals surface area contributed by atoms with Crippen LogP contribution in [0.5, 0.6) is 0 Å². The van der Waals surface area contributed by atoms with Gasteiger partial charge >= 0.3 is 6.03 Å². The molecule has 0 fully saturated rings. The van der Waals surface area contributed by atoms with Crippen LogP contribution in [0.25, 0.3) is 11.4 Å². The van der Waals surface area contributed by atoms with Crippen LogP contribution in [0.4, 0.5) is 10.5 Å². The average molecular weight is 371 g/mol. The van der Waals surface area contributed by atoms with Gasteiger partial charge in [-0.3, -0.25) is 0 Å². The SMILES string of the molecule is CCc1nc(-c2ccc(NC(=O)NCCc3ccc(Cl)cc3)cc2)no1. The first kappa shape index (κ1) is 17.9. The summed E-state index contributed by atoms with van der Waals surface area (Å²) in [5.41, 5.74) is 2.64. The molecule has 0 radical (unpaired) electrons. The molecule has 2 aromatic carbocycles. The molecule has 0 bridgehead atoms. The van der Waals surface area contributed by atoms with Crippen molar-refractivity contribution >= 4 is 23.3 Å². The molecule has 1 aromatic heterocycles. The van der Waals surface area contributed by atoms with E-state index in [1.165, 1.54) is 0 Å². The minimum absolute atomic E-state index is 0.250. The van der Waals surface area contributed by atoms with Crippen molar-refractivity contribution in [2.24, 2.45) is 0 Å². The molecule has 3 rings (SSSR count). The third-order valence-electron chi connectivity index (χ3n) is 3.78. The number of rotatable bonds is 6. The first-order chi connectivity index (χ1) is 12.6. The second-order valence-corrected chi connectivity index (χ2v) is 6.14. The molecule has 0 saturated carbocycles. The summed E-state index contributed by atoms with van der Waals surface area (Å²) in [6.07, 6.45) is 1.43. The molecule has 0 saturated heterocycles. The van der Waals surface area contributed by atoms with Crippen LogP contribution < -0.4 is 10.6 Å². The Labute approximate surface area is 156 Å². The largest absolute Gasteiger partial charge is 0.339 e. The highest BCUT2D eigenvalue weighted by Crippen LogP contribution is 2.18. The molecule has 0 unspecified atom stereocenters. The monoisotopic (exact) mass is 370 g/mol. The van der Waals surface area contributed by atoms with Crippen molar-refractivity contribution in [2.45, 2.75) is 19.8 Å². The Morgan fingerprint density at radius 2 is 1.85 bits per heavy atom. The Kier molecular flexibility index (Phi) is 5.86. The lowest BCUT2D eigenvalue weighted by Crippen LogP contribution is -2.30. The maximum Gasteiger partial charge on any atom is 0.319 e. The van der Waals surface area contributed by atoms with E-state index in [4.69, 9.17) is 16.1 Å². The van der Waals surface area contributed by atoms with E-state index >= 15 is 0 Å². The Balaban J connectivity index is 1.48. The van der Waals surface area contributed by atoms with Crippen molar-refractivity contribution in [1.29, 1.82) is 0 Å². The maximum atomic E-state index is 12.0. The van der Waals surface area contributed by atoms with E-state index in [-0.39, 0.29) is 6.03 Å². The number of hydrogen-bond acceptors (Lipinski definition) is 4. The highest BCUT2D eigenvalue weighted by atomic mass is 35.5. The van der Waals surface area contributed by atoms with Gasteiger partial charge in [0.15, 0.2) is 0 Å². The second-order valence-electron chi connectivity index (χ2n) is 5.70. The number of hydrogen-bond donors (Lipinski definition) is 2. The van der Waals surface area contributed by atoms with Crippen molar-refractivity contribution < 1.29 is 9.32 Å². The zero-order valence-electron chi connectivity index (χ0n) is 14.3. The molecule has 0 aliphatic heterocycles. The minimum atomic E-state index is -0.250. The first-order valence-electron chi connectivity index (χ1n) is 8.36. The molecule has 2 amide bonds. The van der Waals surface area contributed by atoms with Gasteiger partial charge in [0.05, 0.1) is 0 Å². The zero-order valence-corrected chi connectivity index (χ0v) is 15.1. The van der Waals surface area contributed by atoms with Crippen LogP contribution in [0.15, 0.2) is 53.1 Å². The van der Waals surface area contributed by atoms with Gasteiger partial charge < -0.3 is 15.2 Å². The molecule has 6 nitrogen and oxygen atoms in total. The first-order valence-corrected chi connectivity index (χ1v) is 8.74. The molecule has 26 heavy (non-hydrogen) atoms. The number of aromatic nitrogens is 2. The number of carbonyl (C=O) groups excluding carboxylic acids is 1. The molecule has 0 aliphatic rings. The fourth-order valence-electron chi connectivity index (χ4n) is 2.37. The van der Waals surface area contributed by atoms with Gasteiger partial charge in [-0.15, -0.1) is 0 Å². The van der Waals surface area contributed by atoms with Crippen LogP contribution in [0.1, 0.15) is 18.4 Å². The summed E-state index contributed by atoms with van der Waals surface area (Å²) in [5, 5.41) is 10.3. The summed E-state index contributed by atoms with van der Waals surface area (Å²) >= 11 is 5.85. The molecule has 0 aliphatic carbocycles. The van der Waals surface area contributed by atoms with Gasteiger partial charge in [-0.25, -0.2) is 4.79 Å². The fourth-order valence-corrected chi connectivity index (χ4v) is 2.49. The number of amides is 2. The quantitative estimate of drug-likeness (QED) is 0.677. The zero-order chi connectivity index (χ0) is 18.4. The standard InChI is InChI=1S/C19H19ClN4O2/c1-2-17-23-18(24-26-17)14-5-9-16(10-6-14)22-19(25)21-12-11-13-3-7-15(20)8-4-13/h3-10H,2,11-12H2,1H3,(H2,21,22,25). The van der Waals surface area contributed by atoms with Crippen LogP contribution in [0.2, 0.25) is 5.02 Å². The molecule has 7 heteroatoms. The third kappa shape index (κ3) is 4.83. The smallest absolute Gasteiger partial charge is 0.319 e. The Bertz CT molecular complexity index is 860. The average Bonchev–Trinajstić information content (AvgIpc) is 3.13. The van der Waals surface area contributed by atoms with Crippen molar-refractivity contribution in [3.05, 3.63) is 65.0 Å². The van der Waals surface area contributed by atoms with E-state index in [0.29, 0.717) is 35.4 Å². The molecule has 0 spiro atoms. The topological polar surface area (TPSA) is 80.0 Å². The van der Waals surface area contributed by atoms with Crippen molar-refractivity contribution in [3.63, 3.8) is 0 Å². The highest BCUT2D eigenvalue weighted by Gasteiger charge is 2.08. The van der Waals surface area contributed by atoms with Crippen molar-refractivity contribution in [1.82, 2.24) is 15.5 Å². The summed E-state index contributed by atoms with van der Waals surface area (Å²) in [6, 6.07) is 14.6. The molecular weight excluding hydrogens is 352 g/mol. The summed E-state index contributed by atoms with van der Waals surface area (Å²) in [4.78, 5) is 16.2. The lowest BCUT2D eigenvalue weighted by atomic mass is 10.1. The van der Waals surface area contributed by atoms with E-state index in [9.17, 15) is 4.79 Å². The molecule has 2 N–H and O–H groups in total. The molecule has 1 heterocycles. The number of carbonyl (C=O) groups is 1. The lowest BCUT2D eigenvalue weighted by Gasteiger charge is -2.08. The van der Waals surface area contributed by atoms with E-state index in [2.05, 4.69) is 20.8 Å². The number of halogens is 1. The van der Waals surface area contributed by atoms with Crippen LogP contribution in [-0.2, 0) is 12.8 Å². The van der Waals surface area contributed by atoms with Gasteiger partial charge in [-0.05, 0) is 48.4 Å². The fraction of sp³-hybridized carbons (Fsp3) is 0.211. The number of nitrogens with one attached hydrogen (secondary N) is 2. The van der Waals surface area contributed by atoms with E-state index < -0.39 is 0 Å². The summed E-state index contributed by atoms with van der Waals surface area (Å²) < 4.78 is 5.10. The van der Waals surface area contributed by atoms with Gasteiger partial charge in [0, 0.05) is 29.2 Å². The van der Waals surface area contributed by atoms with Crippen molar-refractivity contribution in [2.75, 3.05) is 11.9 Å². The number of nitrogens with zero attached hydrogens (tertiary/aromatic N) is 2. The third-order valence-corrected chi connectivity index (χ3v) is 4.04. The summed E-state index contributed by atoms with van der Waals surface area (Å²) in [6.45, 7) is 2.49. The van der Waals surface area contributed by atoms with Crippen LogP contribution >= 0.6 is 11.6 Å². The molecule has 3 aromatic rings. The van der Waals surface area contributed by atoms with E-state index in [1.54, 1.807) is 12.1 Å². The van der Waals surface area contributed by atoms with Crippen molar-refractivity contribution in [3.8, 4) is 11.4 Å². The van der Waals surface area contributed by atoms with Gasteiger partial charge in [0.1, 0.15) is 0 Å². The molecule has 134 valence electrons. The summed E-state index contributed by atoms with van der Waals surface area (Å²) in [7, 11) is 0. The molecular formula is C19H19ClN4O2. The lowest BCUT2D eigenvalue weighted by molar-refractivity contribution is 0.252. The Morgan fingerprint density at radius 3 is 2.50 bits per heavy atom. The van der Waals surface area contributed by atoms with Gasteiger partial charge in [-0.2, -0.15) is 4.98 Å². The number of anilines is 1. The number of urea groups is 1.